The second-order valence-electron chi connectivity index (χ2n) is 4.07. The molecule has 1 amide bonds. The summed E-state index contributed by atoms with van der Waals surface area (Å²) in [6.45, 7) is 2.84. The SMILES string of the molecule is COc1cc(OC)cc(C(=O)N2CCSC2C)c1. The number of methoxy groups -OCH3 is 2. The molecule has 1 heterocycles. The van der Waals surface area contributed by atoms with Gasteiger partial charge in [0.05, 0.1) is 19.6 Å². The van der Waals surface area contributed by atoms with Crippen molar-refractivity contribution in [2.45, 2.75) is 12.3 Å². The first-order valence-electron chi connectivity index (χ1n) is 5.81. The van der Waals surface area contributed by atoms with Gasteiger partial charge in [-0.15, -0.1) is 11.8 Å². The van der Waals surface area contributed by atoms with Crippen molar-refractivity contribution in [3.8, 4) is 11.5 Å². The van der Waals surface area contributed by atoms with E-state index in [1.54, 1.807) is 44.2 Å². The summed E-state index contributed by atoms with van der Waals surface area (Å²) in [4.78, 5) is 14.3. The van der Waals surface area contributed by atoms with Gasteiger partial charge in [-0.1, -0.05) is 0 Å². The predicted molar refractivity (Wildman–Crippen MR) is 72.5 cm³/mol. The third-order valence-corrected chi connectivity index (χ3v) is 4.14. The molecule has 1 aliphatic rings. The molecule has 0 aromatic heterocycles. The van der Waals surface area contributed by atoms with E-state index in [9.17, 15) is 4.79 Å². The Labute approximate surface area is 111 Å². The van der Waals surface area contributed by atoms with Crippen LogP contribution in [0.25, 0.3) is 0 Å². The van der Waals surface area contributed by atoms with Gasteiger partial charge in [-0.05, 0) is 19.1 Å². The highest BCUT2D eigenvalue weighted by Crippen LogP contribution is 2.28. The number of amides is 1. The highest BCUT2D eigenvalue weighted by molar-refractivity contribution is 8.00. The number of rotatable bonds is 3. The second kappa shape index (κ2) is 5.52. The maximum atomic E-state index is 12.4. The quantitative estimate of drug-likeness (QED) is 0.842. The number of hydrogen-bond donors (Lipinski definition) is 0. The van der Waals surface area contributed by atoms with Crippen LogP contribution in [0.3, 0.4) is 0 Å². The summed E-state index contributed by atoms with van der Waals surface area (Å²) in [6, 6.07) is 5.26. The van der Waals surface area contributed by atoms with Crippen molar-refractivity contribution in [1.29, 1.82) is 0 Å². The standard InChI is InChI=1S/C13H17NO3S/c1-9-14(4-5-18-9)13(15)10-6-11(16-2)8-12(7-10)17-3/h6-9H,4-5H2,1-3H3. The average Bonchev–Trinajstić information content (AvgIpc) is 2.83. The summed E-state index contributed by atoms with van der Waals surface area (Å²) in [7, 11) is 3.16. The minimum absolute atomic E-state index is 0.0321. The summed E-state index contributed by atoms with van der Waals surface area (Å²) in [5.41, 5.74) is 0.612. The third kappa shape index (κ3) is 2.56. The molecule has 4 nitrogen and oxygen atoms in total. The van der Waals surface area contributed by atoms with E-state index in [-0.39, 0.29) is 11.3 Å². The van der Waals surface area contributed by atoms with E-state index in [0.717, 1.165) is 12.3 Å². The van der Waals surface area contributed by atoms with E-state index >= 15 is 0 Å². The minimum Gasteiger partial charge on any atom is -0.497 e. The molecule has 0 aliphatic carbocycles. The van der Waals surface area contributed by atoms with Crippen molar-refractivity contribution in [3.63, 3.8) is 0 Å². The summed E-state index contributed by atoms with van der Waals surface area (Å²) < 4.78 is 10.4. The zero-order valence-corrected chi connectivity index (χ0v) is 11.6. The number of nitrogens with zero attached hydrogens (tertiary/aromatic N) is 1. The van der Waals surface area contributed by atoms with E-state index in [1.165, 1.54) is 0 Å². The first kappa shape index (κ1) is 13.1. The lowest BCUT2D eigenvalue weighted by Crippen LogP contribution is -2.33. The number of benzene rings is 1. The Balaban J connectivity index is 2.29. The molecule has 0 bridgehead atoms. The normalized spacial score (nSPS) is 18.8. The molecule has 1 fully saturated rings. The summed E-state index contributed by atoms with van der Waals surface area (Å²) >= 11 is 1.79. The van der Waals surface area contributed by atoms with Gasteiger partial charge in [-0.3, -0.25) is 4.79 Å². The fourth-order valence-corrected chi connectivity index (χ4v) is 2.98. The zero-order valence-electron chi connectivity index (χ0n) is 10.8. The van der Waals surface area contributed by atoms with Crippen LogP contribution < -0.4 is 9.47 Å². The van der Waals surface area contributed by atoms with Crippen LogP contribution in [-0.4, -0.2) is 42.7 Å². The van der Waals surface area contributed by atoms with Gasteiger partial charge in [0.2, 0.25) is 0 Å². The molecule has 5 heteroatoms. The maximum absolute atomic E-state index is 12.4. The van der Waals surface area contributed by atoms with Crippen molar-refractivity contribution >= 4 is 17.7 Å². The van der Waals surface area contributed by atoms with E-state index in [2.05, 4.69) is 0 Å². The van der Waals surface area contributed by atoms with E-state index < -0.39 is 0 Å². The van der Waals surface area contributed by atoms with Crippen LogP contribution in [0, 0.1) is 0 Å². The Kier molecular flexibility index (Phi) is 4.01. The van der Waals surface area contributed by atoms with Gasteiger partial charge in [0.15, 0.2) is 0 Å². The molecular weight excluding hydrogens is 250 g/mol. The van der Waals surface area contributed by atoms with Crippen molar-refractivity contribution in [2.75, 3.05) is 26.5 Å². The first-order chi connectivity index (χ1) is 8.65. The fourth-order valence-electron chi connectivity index (χ4n) is 1.96. The number of thioether (sulfide) groups is 1. The van der Waals surface area contributed by atoms with Gasteiger partial charge in [0.25, 0.3) is 5.91 Å². The highest BCUT2D eigenvalue weighted by Gasteiger charge is 2.27. The molecule has 2 rings (SSSR count). The molecule has 0 spiro atoms. The first-order valence-corrected chi connectivity index (χ1v) is 6.86. The predicted octanol–water partition coefficient (Wildman–Crippen LogP) is 2.24. The molecule has 98 valence electrons. The van der Waals surface area contributed by atoms with Gasteiger partial charge < -0.3 is 14.4 Å². The van der Waals surface area contributed by atoms with Crippen molar-refractivity contribution < 1.29 is 14.3 Å². The van der Waals surface area contributed by atoms with Gasteiger partial charge in [-0.2, -0.15) is 0 Å². The lowest BCUT2D eigenvalue weighted by molar-refractivity contribution is 0.0768. The van der Waals surface area contributed by atoms with Crippen molar-refractivity contribution in [3.05, 3.63) is 23.8 Å². The van der Waals surface area contributed by atoms with Gasteiger partial charge in [-0.25, -0.2) is 0 Å². The third-order valence-electron chi connectivity index (χ3n) is 2.99. The fraction of sp³-hybridized carbons (Fsp3) is 0.462. The van der Waals surface area contributed by atoms with Gasteiger partial charge in [0, 0.05) is 23.9 Å². The van der Waals surface area contributed by atoms with Crippen LogP contribution in [-0.2, 0) is 0 Å². The largest absolute Gasteiger partial charge is 0.497 e. The van der Waals surface area contributed by atoms with Crippen LogP contribution in [0.5, 0.6) is 11.5 Å². The maximum Gasteiger partial charge on any atom is 0.255 e. The smallest absolute Gasteiger partial charge is 0.255 e. The number of hydrogen-bond acceptors (Lipinski definition) is 4. The molecule has 1 aliphatic heterocycles. The Morgan fingerprint density at radius 1 is 1.28 bits per heavy atom. The highest BCUT2D eigenvalue weighted by atomic mass is 32.2. The summed E-state index contributed by atoms with van der Waals surface area (Å²) in [5.74, 6) is 2.30. The van der Waals surface area contributed by atoms with Crippen LogP contribution in [0.15, 0.2) is 18.2 Å². The Morgan fingerprint density at radius 2 is 1.89 bits per heavy atom. The topological polar surface area (TPSA) is 38.8 Å². The van der Waals surface area contributed by atoms with E-state index in [1.807, 2.05) is 11.8 Å². The molecule has 1 saturated heterocycles. The van der Waals surface area contributed by atoms with Gasteiger partial charge in [0.1, 0.15) is 11.5 Å². The van der Waals surface area contributed by atoms with E-state index in [4.69, 9.17) is 9.47 Å². The Morgan fingerprint density at radius 3 is 2.33 bits per heavy atom. The molecule has 1 unspecified atom stereocenters. The lowest BCUT2D eigenvalue weighted by Gasteiger charge is -2.21. The van der Waals surface area contributed by atoms with Gasteiger partial charge >= 0.3 is 0 Å². The Bertz CT molecular complexity index is 428. The minimum atomic E-state index is 0.0321. The zero-order chi connectivity index (χ0) is 13.1. The lowest BCUT2D eigenvalue weighted by atomic mass is 10.1. The van der Waals surface area contributed by atoms with Crippen LogP contribution in [0.1, 0.15) is 17.3 Å². The number of carbonyl (C=O) groups excluding carboxylic acids is 1. The summed E-state index contributed by atoms with van der Waals surface area (Å²) in [6.07, 6.45) is 0. The molecule has 0 saturated carbocycles. The monoisotopic (exact) mass is 267 g/mol. The average molecular weight is 267 g/mol. The number of carbonyl (C=O) groups is 1. The van der Waals surface area contributed by atoms with Crippen LogP contribution in [0.4, 0.5) is 0 Å². The molecule has 1 aromatic rings. The van der Waals surface area contributed by atoms with Crippen LogP contribution >= 0.6 is 11.8 Å². The Hall–Kier alpha value is -1.36. The van der Waals surface area contributed by atoms with Crippen molar-refractivity contribution in [1.82, 2.24) is 4.90 Å². The number of ether oxygens (including phenoxy) is 2. The van der Waals surface area contributed by atoms with E-state index in [0.29, 0.717) is 17.1 Å². The molecule has 1 atom stereocenters. The van der Waals surface area contributed by atoms with Crippen LogP contribution in [0.2, 0.25) is 0 Å². The summed E-state index contributed by atoms with van der Waals surface area (Å²) in [5, 5.41) is 0.231. The second-order valence-corrected chi connectivity index (χ2v) is 5.49. The molecule has 0 radical (unpaired) electrons. The molecular formula is C13H17NO3S. The molecule has 1 aromatic carbocycles. The molecule has 0 N–H and O–H groups in total. The van der Waals surface area contributed by atoms with Crippen molar-refractivity contribution in [2.24, 2.45) is 0 Å². The molecule has 18 heavy (non-hydrogen) atoms.